The fourth-order valence-corrected chi connectivity index (χ4v) is 7.19. The highest BCUT2D eigenvalue weighted by molar-refractivity contribution is 7.91. The van der Waals surface area contributed by atoms with Crippen LogP contribution in [0.1, 0.15) is 59.1 Å². The van der Waals surface area contributed by atoms with Crippen LogP contribution < -0.4 is 16.0 Å². The molecule has 6 rings (SSSR count). The third kappa shape index (κ3) is 5.32. The number of fused-ring (bicyclic) bond motifs is 1. The Bertz CT molecular complexity index is 1840. The number of hydrogen-bond acceptors (Lipinski definition) is 10. The SMILES string of the molecule is CC1(NC(=O)c2cccc(-c3ccc4nc(C(c5nnc(CC6(C)NC(=O)NC6=O)o5)S(C)(=O)=O)sc4c3)c2)CC1. The Morgan fingerprint density at radius 2 is 1.88 bits per heavy atom. The fraction of sp³-hybridized carbons (Fsp3) is 0.333. The Balaban J connectivity index is 1.29. The van der Waals surface area contributed by atoms with Crippen molar-refractivity contribution < 1.29 is 27.2 Å². The van der Waals surface area contributed by atoms with E-state index in [0.29, 0.717) is 11.1 Å². The van der Waals surface area contributed by atoms with Gasteiger partial charge in [0.25, 0.3) is 11.8 Å². The van der Waals surface area contributed by atoms with E-state index in [1.807, 2.05) is 37.3 Å². The van der Waals surface area contributed by atoms with Gasteiger partial charge in [-0.3, -0.25) is 14.9 Å². The van der Waals surface area contributed by atoms with E-state index >= 15 is 0 Å². The van der Waals surface area contributed by atoms with Gasteiger partial charge in [0.1, 0.15) is 10.5 Å². The number of sulfone groups is 1. The van der Waals surface area contributed by atoms with E-state index in [-0.39, 0.29) is 34.7 Å². The molecule has 3 N–H and O–H groups in total. The van der Waals surface area contributed by atoms with Gasteiger partial charge in [-0.2, -0.15) is 0 Å². The fourth-order valence-electron chi connectivity index (χ4n) is 4.66. The third-order valence-corrected chi connectivity index (χ3v) is 9.77. The van der Waals surface area contributed by atoms with Gasteiger partial charge < -0.3 is 15.1 Å². The van der Waals surface area contributed by atoms with E-state index in [9.17, 15) is 22.8 Å². The van der Waals surface area contributed by atoms with E-state index in [1.54, 1.807) is 12.1 Å². The normalized spacial score (nSPS) is 20.5. The number of thiazole rings is 1. The van der Waals surface area contributed by atoms with Crippen molar-refractivity contribution in [1.82, 2.24) is 31.1 Å². The predicted molar refractivity (Wildman–Crippen MR) is 150 cm³/mol. The van der Waals surface area contributed by atoms with E-state index in [4.69, 9.17) is 4.42 Å². The molecule has 3 heterocycles. The van der Waals surface area contributed by atoms with Gasteiger partial charge in [0.05, 0.1) is 16.6 Å². The molecule has 0 spiro atoms. The molecule has 1 saturated heterocycles. The van der Waals surface area contributed by atoms with Crippen LogP contribution in [0.4, 0.5) is 4.79 Å². The lowest BCUT2D eigenvalue weighted by molar-refractivity contribution is -0.123. The van der Waals surface area contributed by atoms with Gasteiger partial charge in [-0.05, 0) is 62.1 Å². The number of rotatable bonds is 8. The highest BCUT2D eigenvalue weighted by Crippen LogP contribution is 2.37. The van der Waals surface area contributed by atoms with Crippen LogP contribution in [0, 0.1) is 0 Å². The molecule has 1 saturated carbocycles. The monoisotopic (exact) mass is 594 g/mol. The molecule has 2 atom stereocenters. The van der Waals surface area contributed by atoms with Crippen LogP contribution >= 0.6 is 11.3 Å². The number of nitrogens with zero attached hydrogens (tertiary/aromatic N) is 3. The van der Waals surface area contributed by atoms with E-state index in [2.05, 4.69) is 31.1 Å². The second-order valence-electron chi connectivity index (χ2n) is 11.0. The summed E-state index contributed by atoms with van der Waals surface area (Å²) in [4.78, 5) is 41.0. The highest BCUT2D eigenvalue weighted by atomic mass is 32.2. The van der Waals surface area contributed by atoms with Crippen molar-refractivity contribution in [2.45, 2.75) is 49.4 Å². The third-order valence-electron chi connectivity index (χ3n) is 7.26. The van der Waals surface area contributed by atoms with Crippen molar-refractivity contribution in [3.8, 4) is 11.1 Å². The summed E-state index contributed by atoms with van der Waals surface area (Å²) in [5, 5.41) is 14.5. The summed E-state index contributed by atoms with van der Waals surface area (Å²) in [5.41, 5.74) is 1.42. The zero-order valence-electron chi connectivity index (χ0n) is 22.3. The molecule has 2 unspecified atom stereocenters. The first-order chi connectivity index (χ1) is 19.3. The first-order valence-corrected chi connectivity index (χ1v) is 15.6. The van der Waals surface area contributed by atoms with Crippen molar-refractivity contribution >= 4 is 49.2 Å². The quantitative estimate of drug-likeness (QED) is 0.259. The van der Waals surface area contributed by atoms with Gasteiger partial charge in [0.2, 0.25) is 11.8 Å². The maximum atomic E-state index is 12.9. The molecule has 212 valence electrons. The van der Waals surface area contributed by atoms with Crippen LogP contribution in [0.3, 0.4) is 0 Å². The van der Waals surface area contributed by atoms with E-state index in [0.717, 1.165) is 34.9 Å². The van der Waals surface area contributed by atoms with Crippen LogP contribution in [-0.2, 0) is 21.1 Å². The molecule has 1 aliphatic heterocycles. The van der Waals surface area contributed by atoms with Gasteiger partial charge in [0, 0.05) is 17.4 Å². The van der Waals surface area contributed by atoms with Crippen LogP contribution in [-0.4, -0.2) is 58.8 Å². The summed E-state index contributed by atoms with van der Waals surface area (Å²) in [6.07, 6.45) is 2.88. The molecule has 12 nitrogen and oxygen atoms in total. The topological polar surface area (TPSA) is 173 Å². The van der Waals surface area contributed by atoms with Crippen molar-refractivity contribution in [2.24, 2.45) is 0 Å². The van der Waals surface area contributed by atoms with Crippen LogP contribution in [0.25, 0.3) is 21.3 Å². The molecule has 0 radical (unpaired) electrons. The van der Waals surface area contributed by atoms with Crippen LogP contribution in [0.5, 0.6) is 0 Å². The Hall–Kier alpha value is -4.17. The molecule has 41 heavy (non-hydrogen) atoms. The molecule has 2 aromatic carbocycles. The zero-order chi connectivity index (χ0) is 29.2. The summed E-state index contributed by atoms with van der Waals surface area (Å²) >= 11 is 1.19. The largest absolute Gasteiger partial charge is 0.423 e. The Labute approximate surface area is 238 Å². The molecule has 14 heteroatoms. The van der Waals surface area contributed by atoms with Gasteiger partial charge in [-0.1, -0.05) is 18.2 Å². The molecular weight excluding hydrogens is 568 g/mol. The summed E-state index contributed by atoms with van der Waals surface area (Å²) in [6.45, 7) is 3.53. The summed E-state index contributed by atoms with van der Waals surface area (Å²) in [5.74, 6) is -0.852. The Morgan fingerprint density at radius 1 is 1.12 bits per heavy atom. The molecule has 2 aliphatic rings. The van der Waals surface area contributed by atoms with Crippen molar-refractivity contribution in [1.29, 1.82) is 0 Å². The maximum absolute atomic E-state index is 12.9. The number of carbonyl (C=O) groups is 3. The number of nitrogens with one attached hydrogen (secondary N) is 3. The first-order valence-electron chi connectivity index (χ1n) is 12.8. The lowest BCUT2D eigenvalue weighted by Gasteiger charge is -2.17. The minimum Gasteiger partial charge on any atom is -0.423 e. The van der Waals surface area contributed by atoms with Crippen molar-refractivity contribution in [3.05, 3.63) is 64.8 Å². The smallest absolute Gasteiger partial charge is 0.322 e. The average molecular weight is 595 g/mol. The van der Waals surface area contributed by atoms with Crippen LogP contribution in [0.2, 0.25) is 0 Å². The van der Waals surface area contributed by atoms with Gasteiger partial charge in [0.15, 0.2) is 15.1 Å². The molecule has 4 aromatic rings. The van der Waals surface area contributed by atoms with Crippen LogP contribution in [0.15, 0.2) is 46.9 Å². The number of imide groups is 1. The number of urea groups is 1. The average Bonchev–Trinajstić information content (AvgIpc) is 3.19. The first kappa shape index (κ1) is 27.0. The van der Waals surface area contributed by atoms with E-state index < -0.39 is 32.6 Å². The minimum atomic E-state index is -3.80. The predicted octanol–water partition coefficient (Wildman–Crippen LogP) is 2.90. The summed E-state index contributed by atoms with van der Waals surface area (Å²) in [7, 11) is -3.80. The standard InChI is InChI=1S/C27H26N6O6S2/c1-26(9-10-26)30-21(34)16-6-4-5-14(11-16)15-7-8-17-18(12-15)40-23(28-17)20(41(3,37)38)22-33-32-19(39-22)13-27(2)24(35)29-25(36)31-27/h4-8,11-12,20H,9-10,13H2,1-3H3,(H,30,34)(H2,29,31,35,36). The molecular formula is C27H26N6O6S2. The van der Waals surface area contributed by atoms with Crippen molar-refractivity contribution in [3.63, 3.8) is 0 Å². The Kier molecular flexibility index (Phi) is 6.23. The second kappa shape index (κ2) is 9.45. The number of amides is 4. The maximum Gasteiger partial charge on any atom is 0.322 e. The summed E-state index contributed by atoms with van der Waals surface area (Å²) in [6, 6.07) is 12.3. The zero-order valence-corrected chi connectivity index (χ0v) is 24.0. The van der Waals surface area contributed by atoms with Gasteiger partial charge >= 0.3 is 6.03 Å². The highest BCUT2D eigenvalue weighted by Gasteiger charge is 2.44. The molecule has 2 aromatic heterocycles. The molecule has 4 amide bonds. The lowest BCUT2D eigenvalue weighted by Crippen LogP contribution is -2.45. The molecule has 2 fully saturated rings. The second-order valence-corrected chi connectivity index (χ2v) is 14.2. The lowest BCUT2D eigenvalue weighted by atomic mass is 9.98. The van der Waals surface area contributed by atoms with Gasteiger partial charge in [-0.15, -0.1) is 21.5 Å². The minimum absolute atomic E-state index is 0.00325. The number of aromatic nitrogens is 3. The molecule has 1 aliphatic carbocycles. The Morgan fingerprint density at radius 3 is 2.56 bits per heavy atom. The molecule has 0 bridgehead atoms. The number of hydrogen-bond donors (Lipinski definition) is 3. The van der Waals surface area contributed by atoms with Crippen molar-refractivity contribution in [2.75, 3.05) is 6.26 Å². The van der Waals surface area contributed by atoms with Gasteiger partial charge in [-0.25, -0.2) is 18.2 Å². The van der Waals surface area contributed by atoms with E-state index in [1.165, 1.54) is 18.3 Å². The summed E-state index contributed by atoms with van der Waals surface area (Å²) < 4.78 is 32.2. The number of carbonyl (C=O) groups excluding carboxylic acids is 3. The number of benzene rings is 2.